The molecule has 0 amide bonds. The van der Waals surface area contributed by atoms with Crippen molar-refractivity contribution in [2.45, 2.75) is 31.8 Å². The van der Waals surface area contributed by atoms with Crippen molar-refractivity contribution in [1.82, 2.24) is 8.90 Å². The lowest BCUT2D eigenvalue weighted by molar-refractivity contribution is -0.0461. The van der Waals surface area contributed by atoms with Gasteiger partial charge in [0.25, 0.3) is 5.56 Å². The van der Waals surface area contributed by atoms with Crippen LogP contribution in [0.25, 0.3) is 0 Å². The maximum absolute atomic E-state index is 12.8. The molecule has 1 aliphatic rings. The summed E-state index contributed by atoms with van der Waals surface area (Å²) in [6, 6.07) is 6.24. The van der Waals surface area contributed by atoms with E-state index in [-0.39, 0.29) is 22.8 Å². The minimum atomic E-state index is -3.34. The van der Waals surface area contributed by atoms with E-state index in [0.717, 1.165) is 4.57 Å². The van der Waals surface area contributed by atoms with Gasteiger partial charge in [-0.15, -0.1) is 0 Å². The first-order valence-electron chi connectivity index (χ1n) is 8.09. The van der Waals surface area contributed by atoms with Crippen LogP contribution < -0.4 is 15.8 Å². The molecule has 0 bridgehead atoms. The number of benzene rings is 1. The van der Waals surface area contributed by atoms with Gasteiger partial charge in [-0.3, -0.25) is 13.9 Å². The third kappa shape index (κ3) is 3.88. The summed E-state index contributed by atoms with van der Waals surface area (Å²) in [6.07, 6.45) is -1.42. The van der Waals surface area contributed by atoms with Crippen LogP contribution in [0.1, 0.15) is 18.2 Å². The summed E-state index contributed by atoms with van der Waals surface area (Å²) in [4.78, 5) is 25.2. The average molecular weight is 417 g/mol. The van der Waals surface area contributed by atoms with Crippen LogP contribution in [0.3, 0.4) is 0 Å². The van der Waals surface area contributed by atoms with E-state index in [1.54, 1.807) is 12.1 Å². The lowest BCUT2D eigenvalue weighted by Crippen LogP contribution is -2.39. The molecule has 9 nitrogen and oxygen atoms in total. The highest BCUT2D eigenvalue weighted by atomic mass is 35.5. The fourth-order valence-electron chi connectivity index (χ4n) is 2.78. The molecule has 4 atom stereocenters. The number of aryl methyl sites for hydroxylation is 1. The molecule has 11 heteroatoms. The number of aliphatic hydroxyl groups excluding tert-OH is 2. The Balaban J connectivity index is 2.00. The summed E-state index contributed by atoms with van der Waals surface area (Å²) in [5.41, 5.74) is -1.52. The first-order valence-corrected chi connectivity index (χ1v) is 9.73. The van der Waals surface area contributed by atoms with Crippen LogP contribution in [0, 0.1) is 6.92 Å². The van der Waals surface area contributed by atoms with Crippen LogP contribution in [0.5, 0.6) is 5.75 Å². The molecule has 1 aromatic heterocycles. The summed E-state index contributed by atoms with van der Waals surface area (Å²) >= 11 is 5.96. The molecule has 27 heavy (non-hydrogen) atoms. The number of hydrogen-bond donors (Lipinski definition) is 2. The van der Waals surface area contributed by atoms with Gasteiger partial charge in [-0.25, -0.2) is 4.79 Å². The molecule has 0 aliphatic carbocycles. The summed E-state index contributed by atoms with van der Waals surface area (Å²) in [5.74, 6) is 0.0790. The lowest BCUT2D eigenvalue weighted by Gasteiger charge is -2.17. The van der Waals surface area contributed by atoms with Gasteiger partial charge in [-0.05, 0) is 19.1 Å². The predicted octanol–water partition coefficient (Wildman–Crippen LogP) is 0.929. The summed E-state index contributed by atoms with van der Waals surface area (Å²) in [5, 5.41) is 19.3. The van der Waals surface area contributed by atoms with Gasteiger partial charge < -0.3 is 19.5 Å². The maximum atomic E-state index is 12.8. The second-order valence-corrected chi connectivity index (χ2v) is 7.65. The molecule has 3 rings (SSSR count). The Kier molecular flexibility index (Phi) is 5.88. The van der Waals surface area contributed by atoms with Crippen molar-refractivity contribution < 1.29 is 24.0 Å². The van der Waals surface area contributed by atoms with Crippen LogP contribution in [0.2, 0.25) is 5.02 Å². The zero-order valence-corrected chi connectivity index (χ0v) is 16.0. The molecule has 2 N–H and O–H groups in total. The normalized spacial score (nSPS) is 23.3. The van der Waals surface area contributed by atoms with Gasteiger partial charge in [-0.2, -0.15) is 4.34 Å². The second kappa shape index (κ2) is 8.00. The van der Waals surface area contributed by atoms with Gasteiger partial charge in [0.1, 0.15) is 18.1 Å². The van der Waals surface area contributed by atoms with Crippen LogP contribution >= 0.6 is 19.8 Å². The number of rotatable bonds is 5. The standard InChI is InChI=1S/C16H18ClN2O7P/c1-9-7-18(14-6-11(21)13(8-20)25-14)16(23)19(15(9)22)27(24)26-12-5-3-2-4-10(12)17/h2-5,7,11,13-14,20-21,27H,6,8H2,1H3/t11-,13+,14+/m0/s1. The number of aromatic nitrogens is 2. The molecule has 1 fully saturated rings. The fourth-order valence-corrected chi connectivity index (χ4v) is 4.09. The highest BCUT2D eigenvalue weighted by Crippen LogP contribution is 2.32. The van der Waals surface area contributed by atoms with E-state index in [0.29, 0.717) is 4.34 Å². The van der Waals surface area contributed by atoms with Gasteiger partial charge in [0.15, 0.2) is 0 Å². The Hall–Kier alpha value is -1.90. The van der Waals surface area contributed by atoms with Gasteiger partial charge in [0.2, 0.25) is 0 Å². The Morgan fingerprint density at radius 3 is 2.70 bits per heavy atom. The SMILES string of the molecule is Cc1cn([C@H]2C[C@H](O)[C@@H](CO)O2)c(=O)n([PH](=O)Oc2ccccc2Cl)c1=O. The molecule has 146 valence electrons. The van der Waals surface area contributed by atoms with E-state index in [1.807, 2.05) is 0 Å². The molecule has 0 saturated carbocycles. The highest BCUT2D eigenvalue weighted by Gasteiger charge is 2.35. The molecule has 1 unspecified atom stereocenters. The molecule has 1 aliphatic heterocycles. The molecule has 0 radical (unpaired) electrons. The summed E-state index contributed by atoms with van der Waals surface area (Å²) < 4.78 is 24.9. The first-order chi connectivity index (χ1) is 12.8. The zero-order chi connectivity index (χ0) is 19.7. The van der Waals surface area contributed by atoms with Crippen molar-refractivity contribution >= 4 is 19.8 Å². The van der Waals surface area contributed by atoms with Crippen LogP contribution in [0.4, 0.5) is 0 Å². The van der Waals surface area contributed by atoms with Crippen molar-refractivity contribution in [2.24, 2.45) is 0 Å². The molecule has 0 spiro atoms. The second-order valence-electron chi connectivity index (χ2n) is 6.06. The van der Waals surface area contributed by atoms with E-state index in [1.165, 1.54) is 25.3 Å². The van der Waals surface area contributed by atoms with Crippen LogP contribution in [-0.2, 0) is 9.30 Å². The minimum Gasteiger partial charge on any atom is -0.429 e. The number of para-hydroxylation sites is 1. The van der Waals surface area contributed by atoms with Gasteiger partial charge >= 0.3 is 13.9 Å². The largest absolute Gasteiger partial charge is 0.429 e. The molecular weight excluding hydrogens is 399 g/mol. The van der Waals surface area contributed by atoms with Gasteiger partial charge in [0.05, 0.1) is 17.7 Å². The Morgan fingerprint density at radius 1 is 1.37 bits per heavy atom. The third-order valence-electron chi connectivity index (χ3n) is 4.20. The molecule has 1 saturated heterocycles. The molecule has 2 aromatic rings. The summed E-state index contributed by atoms with van der Waals surface area (Å²) in [6.45, 7) is 1.03. The fraction of sp³-hybridized carbons (Fsp3) is 0.375. The highest BCUT2D eigenvalue weighted by molar-refractivity contribution is 7.37. The predicted molar refractivity (Wildman–Crippen MR) is 97.8 cm³/mol. The number of nitrogens with zero attached hydrogens (tertiary/aromatic N) is 2. The lowest BCUT2D eigenvalue weighted by atomic mass is 10.2. The van der Waals surface area contributed by atoms with E-state index in [2.05, 4.69) is 0 Å². The minimum absolute atomic E-state index is 0.0368. The number of aliphatic hydroxyl groups is 2. The van der Waals surface area contributed by atoms with Gasteiger partial charge in [0, 0.05) is 18.2 Å². The van der Waals surface area contributed by atoms with E-state index < -0.39 is 44.5 Å². The van der Waals surface area contributed by atoms with Crippen LogP contribution in [0.15, 0.2) is 40.1 Å². The Bertz CT molecular complexity index is 989. The number of hydrogen-bond acceptors (Lipinski definition) is 7. The molecule has 1 aromatic carbocycles. The van der Waals surface area contributed by atoms with Crippen molar-refractivity contribution in [3.8, 4) is 5.75 Å². The number of ether oxygens (including phenoxy) is 1. The molecular formula is C16H18ClN2O7P. The molecule has 2 heterocycles. The van der Waals surface area contributed by atoms with Crippen molar-refractivity contribution in [3.05, 3.63) is 61.9 Å². The van der Waals surface area contributed by atoms with Crippen molar-refractivity contribution in [1.29, 1.82) is 0 Å². The van der Waals surface area contributed by atoms with E-state index in [9.17, 15) is 24.4 Å². The smallest absolute Gasteiger partial charge is 0.343 e. The maximum Gasteiger partial charge on any atom is 0.343 e. The number of halogens is 1. The third-order valence-corrected chi connectivity index (χ3v) is 5.66. The Labute approximate surface area is 159 Å². The van der Waals surface area contributed by atoms with Crippen LogP contribution in [-0.4, -0.2) is 37.9 Å². The van der Waals surface area contributed by atoms with E-state index in [4.69, 9.17) is 20.9 Å². The van der Waals surface area contributed by atoms with Crippen molar-refractivity contribution in [2.75, 3.05) is 6.61 Å². The summed E-state index contributed by atoms with van der Waals surface area (Å²) in [7, 11) is -3.34. The average Bonchev–Trinajstić information content (AvgIpc) is 3.01. The topological polar surface area (TPSA) is 120 Å². The van der Waals surface area contributed by atoms with Gasteiger partial charge in [-0.1, -0.05) is 23.7 Å². The Morgan fingerprint density at radius 2 is 2.07 bits per heavy atom. The monoisotopic (exact) mass is 416 g/mol. The quantitative estimate of drug-likeness (QED) is 0.695. The zero-order valence-electron chi connectivity index (χ0n) is 14.2. The van der Waals surface area contributed by atoms with Crippen molar-refractivity contribution in [3.63, 3.8) is 0 Å². The first kappa shape index (κ1) is 19.9. The van der Waals surface area contributed by atoms with E-state index >= 15 is 0 Å².